The summed E-state index contributed by atoms with van der Waals surface area (Å²) in [6.45, 7) is 15.1. The molecule has 1 amide bonds. The Morgan fingerprint density at radius 1 is 1.35 bits per heavy atom. The zero-order valence-corrected chi connectivity index (χ0v) is 14.0. The highest BCUT2D eigenvalue weighted by Crippen LogP contribution is 2.36. The summed E-state index contributed by atoms with van der Waals surface area (Å²) in [5.74, 6) is -0.391. The molecule has 5 heteroatoms. The molecule has 1 saturated heterocycles. The number of rotatable bonds is 2. The molecule has 0 bridgehead atoms. The first-order valence-electron chi connectivity index (χ1n) is 7.28. The van der Waals surface area contributed by atoms with Crippen LogP contribution >= 0.6 is 0 Å². The molecule has 0 saturated carbocycles. The quantitative estimate of drug-likeness (QED) is 0.792. The third kappa shape index (κ3) is 4.69. The fraction of sp³-hybridized carbons (Fsp3) is 0.867. The van der Waals surface area contributed by atoms with Gasteiger partial charge in [0.05, 0.1) is 0 Å². The van der Waals surface area contributed by atoms with E-state index in [4.69, 9.17) is 9.47 Å². The van der Waals surface area contributed by atoms with Gasteiger partial charge < -0.3 is 14.8 Å². The zero-order chi connectivity index (χ0) is 16.1. The molecule has 1 aliphatic rings. The van der Waals surface area contributed by atoms with Crippen LogP contribution in [0, 0.1) is 5.41 Å². The van der Waals surface area contributed by atoms with Crippen LogP contribution in [0.1, 0.15) is 61.8 Å². The molecule has 1 N–H and O–H groups in total. The summed E-state index contributed by atoms with van der Waals surface area (Å²) in [6.07, 6.45) is -0.0372. The van der Waals surface area contributed by atoms with E-state index < -0.39 is 29.1 Å². The van der Waals surface area contributed by atoms with Crippen molar-refractivity contribution in [2.24, 2.45) is 5.41 Å². The Balaban J connectivity index is 0.00000172. The van der Waals surface area contributed by atoms with E-state index in [1.807, 2.05) is 34.6 Å². The molecule has 0 aromatic heterocycles. The van der Waals surface area contributed by atoms with Crippen molar-refractivity contribution in [2.45, 2.75) is 79.6 Å². The highest BCUT2D eigenvalue weighted by molar-refractivity contribution is 5.84. The highest BCUT2D eigenvalue weighted by atomic mass is 16.6. The largest absolute Gasteiger partial charge is 0.460 e. The van der Waals surface area contributed by atoms with Gasteiger partial charge in [0.15, 0.2) is 0 Å². The predicted molar refractivity (Wildman–Crippen MR) is 78.5 cm³/mol. The minimum atomic E-state index is -0.655. The van der Waals surface area contributed by atoms with Crippen molar-refractivity contribution in [3.8, 4) is 0 Å². The Hall–Kier alpha value is -1.26. The SMILES string of the molecule is CC.CCC1OC(=O)C(NC(=O)OC(C)(C)C)C1(C)C. The maximum atomic E-state index is 11.8. The van der Waals surface area contributed by atoms with E-state index in [1.54, 1.807) is 20.8 Å². The second-order valence-corrected chi connectivity index (χ2v) is 6.23. The lowest BCUT2D eigenvalue weighted by Gasteiger charge is -2.29. The Labute approximate surface area is 122 Å². The predicted octanol–water partition coefficient (Wildman–Crippen LogP) is 3.27. The average Bonchev–Trinajstić information content (AvgIpc) is 2.52. The van der Waals surface area contributed by atoms with Gasteiger partial charge in [0.25, 0.3) is 0 Å². The van der Waals surface area contributed by atoms with Gasteiger partial charge in [-0.25, -0.2) is 9.59 Å². The Morgan fingerprint density at radius 3 is 2.20 bits per heavy atom. The van der Waals surface area contributed by atoms with Gasteiger partial charge >= 0.3 is 12.1 Å². The molecule has 1 heterocycles. The van der Waals surface area contributed by atoms with E-state index in [-0.39, 0.29) is 6.10 Å². The monoisotopic (exact) mass is 287 g/mol. The molecule has 1 rings (SSSR count). The van der Waals surface area contributed by atoms with Crippen LogP contribution in [0.4, 0.5) is 4.79 Å². The lowest BCUT2D eigenvalue weighted by molar-refractivity contribution is -0.143. The van der Waals surface area contributed by atoms with E-state index in [1.165, 1.54) is 0 Å². The summed E-state index contributed by atoms with van der Waals surface area (Å²) in [4.78, 5) is 23.5. The Bertz CT molecular complexity index is 344. The zero-order valence-electron chi connectivity index (χ0n) is 14.0. The van der Waals surface area contributed by atoms with Crippen molar-refractivity contribution in [1.82, 2.24) is 5.32 Å². The summed E-state index contributed by atoms with van der Waals surface area (Å²) in [7, 11) is 0. The molecule has 2 atom stereocenters. The number of carbonyl (C=O) groups excluding carboxylic acids is 2. The van der Waals surface area contributed by atoms with Gasteiger partial charge in [-0.15, -0.1) is 0 Å². The van der Waals surface area contributed by atoms with Crippen LogP contribution in [0.25, 0.3) is 0 Å². The van der Waals surface area contributed by atoms with E-state index >= 15 is 0 Å². The third-order valence-electron chi connectivity index (χ3n) is 3.10. The number of nitrogens with one attached hydrogen (secondary N) is 1. The Kier molecular flexibility index (Phi) is 6.51. The van der Waals surface area contributed by atoms with Gasteiger partial charge in [0, 0.05) is 5.41 Å². The summed E-state index contributed by atoms with van der Waals surface area (Å²) < 4.78 is 10.4. The normalized spacial score (nSPS) is 24.3. The topological polar surface area (TPSA) is 64.6 Å². The van der Waals surface area contributed by atoms with Crippen LogP contribution in [-0.2, 0) is 14.3 Å². The number of hydrogen-bond donors (Lipinski definition) is 1. The van der Waals surface area contributed by atoms with Crippen LogP contribution in [0.5, 0.6) is 0 Å². The molecule has 0 radical (unpaired) electrons. The number of ether oxygens (including phenoxy) is 2. The van der Waals surface area contributed by atoms with Gasteiger partial charge in [-0.1, -0.05) is 34.6 Å². The van der Waals surface area contributed by atoms with Gasteiger partial charge in [-0.05, 0) is 27.2 Å². The molecule has 118 valence electrons. The molecule has 0 aromatic rings. The van der Waals surface area contributed by atoms with Crippen molar-refractivity contribution < 1.29 is 19.1 Å². The summed E-state index contributed by atoms with van der Waals surface area (Å²) in [5.41, 5.74) is -1.01. The van der Waals surface area contributed by atoms with Crippen LogP contribution in [0.2, 0.25) is 0 Å². The smallest absolute Gasteiger partial charge is 0.408 e. The molecule has 5 nitrogen and oxygen atoms in total. The number of alkyl carbamates (subject to hydrolysis) is 1. The number of amides is 1. The second kappa shape index (κ2) is 6.95. The van der Waals surface area contributed by atoms with Crippen LogP contribution in [-0.4, -0.2) is 29.8 Å². The first-order chi connectivity index (χ1) is 9.08. The number of hydrogen-bond acceptors (Lipinski definition) is 4. The molecule has 1 aliphatic heterocycles. The van der Waals surface area contributed by atoms with E-state index in [0.717, 1.165) is 6.42 Å². The van der Waals surface area contributed by atoms with Gasteiger partial charge in [0.1, 0.15) is 17.7 Å². The van der Waals surface area contributed by atoms with Crippen molar-refractivity contribution in [2.75, 3.05) is 0 Å². The number of cyclic esters (lactones) is 1. The molecule has 2 unspecified atom stereocenters. The maximum absolute atomic E-state index is 11.8. The minimum absolute atomic E-state index is 0.176. The minimum Gasteiger partial charge on any atom is -0.460 e. The van der Waals surface area contributed by atoms with Crippen LogP contribution < -0.4 is 5.32 Å². The molecule has 20 heavy (non-hydrogen) atoms. The van der Waals surface area contributed by atoms with Crippen molar-refractivity contribution >= 4 is 12.1 Å². The number of esters is 1. The molecule has 1 fully saturated rings. The van der Waals surface area contributed by atoms with E-state index in [9.17, 15) is 9.59 Å². The van der Waals surface area contributed by atoms with E-state index in [2.05, 4.69) is 5.32 Å². The van der Waals surface area contributed by atoms with Crippen molar-refractivity contribution in [3.63, 3.8) is 0 Å². The molecular formula is C15H29NO4. The summed E-state index contributed by atoms with van der Waals surface area (Å²) in [6, 6.07) is -0.655. The first-order valence-corrected chi connectivity index (χ1v) is 7.28. The first kappa shape index (κ1) is 18.7. The van der Waals surface area contributed by atoms with Gasteiger partial charge in [-0.2, -0.15) is 0 Å². The van der Waals surface area contributed by atoms with Gasteiger partial charge in [-0.3, -0.25) is 0 Å². The second-order valence-electron chi connectivity index (χ2n) is 6.23. The Morgan fingerprint density at radius 2 is 1.85 bits per heavy atom. The maximum Gasteiger partial charge on any atom is 0.408 e. The lowest BCUT2D eigenvalue weighted by atomic mass is 9.80. The van der Waals surface area contributed by atoms with E-state index in [0.29, 0.717) is 0 Å². The van der Waals surface area contributed by atoms with Crippen LogP contribution in [0.3, 0.4) is 0 Å². The lowest BCUT2D eigenvalue weighted by Crippen LogP contribution is -2.49. The molecule has 0 aliphatic carbocycles. The van der Waals surface area contributed by atoms with Crippen molar-refractivity contribution in [1.29, 1.82) is 0 Å². The van der Waals surface area contributed by atoms with Gasteiger partial charge in [0.2, 0.25) is 0 Å². The number of carbonyl (C=O) groups is 2. The summed E-state index contributed by atoms with van der Waals surface area (Å²) >= 11 is 0. The van der Waals surface area contributed by atoms with Crippen LogP contribution in [0.15, 0.2) is 0 Å². The standard InChI is InChI=1S/C13H23NO4.C2H6/c1-7-8-13(5,6)9(10(15)17-8)14-11(16)18-12(2,3)4;1-2/h8-9H,7H2,1-6H3,(H,14,16);1-2H3. The average molecular weight is 287 g/mol. The molecule has 0 spiro atoms. The fourth-order valence-corrected chi connectivity index (χ4v) is 2.13. The fourth-order valence-electron chi connectivity index (χ4n) is 2.13. The highest BCUT2D eigenvalue weighted by Gasteiger charge is 2.51. The van der Waals surface area contributed by atoms with Crippen molar-refractivity contribution in [3.05, 3.63) is 0 Å². The molecule has 0 aromatic carbocycles. The summed E-state index contributed by atoms with van der Waals surface area (Å²) in [5, 5.41) is 2.60. The third-order valence-corrected chi connectivity index (χ3v) is 3.10. The molecular weight excluding hydrogens is 258 g/mol.